The van der Waals surface area contributed by atoms with Gasteiger partial charge >= 0.3 is 0 Å². The third kappa shape index (κ3) is 4.73. The molecule has 1 saturated carbocycles. The van der Waals surface area contributed by atoms with Crippen molar-refractivity contribution < 1.29 is 0 Å². The third-order valence-corrected chi connectivity index (χ3v) is 4.22. The van der Waals surface area contributed by atoms with Gasteiger partial charge in [0.1, 0.15) is 5.82 Å². The molecule has 0 unspecified atom stereocenters. The molecule has 0 bridgehead atoms. The van der Waals surface area contributed by atoms with Gasteiger partial charge in [-0.05, 0) is 59.5 Å². The molecule has 1 fully saturated rings. The van der Waals surface area contributed by atoms with Crippen LogP contribution >= 0.6 is 28.1 Å². The Morgan fingerprint density at radius 2 is 2.00 bits per heavy atom. The van der Waals surface area contributed by atoms with Gasteiger partial charge in [0.05, 0.1) is 4.47 Å². The van der Waals surface area contributed by atoms with Crippen molar-refractivity contribution in [2.45, 2.75) is 51.5 Å². The molecule has 2 N–H and O–H groups in total. The van der Waals surface area contributed by atoms with Gasteiger partial charge in [-0.25, -0.2) is 4.98 Å². The molecule has 0 aromatic carbocycles. The van der Waals surface area contributed by atoms with Crippen LogP contribution in [0.2, 0.25) is 0 Å². The molecule has 0 amide bonds. The first-order valence-electron chi connectivity index (χ1n) is 6.85. The monoisotopic (exact) mass is 341 g/mol. The fraction of sp³-hybridized carbons (Fsp3) is 0.571. The highest BCUT2D eigenvalue weighted by Gasteiger charge is 2.13. The number of hydrogen-bond donors (Lipinski definition) is 2. The van der Waals surface area contributed by atoms with E-state index in [1.54, 1.807) is 0 Å². The van der Waals surface area contributed by atoms with Crippen LogP contribution in [0.5, 0.6) is 0 Å². The molecule has 1 aromatic heterocycles. The van der Waals surface area contributed by atoms with Gasteiger partial charge in [0.25, 0.3) is 0 Å². The van der Waals surface area contributed by atoms with E-state index in [4.69, 9.17) is 12.2 Å². The number of anilines is 1. The van der Waals surface area contributed by atoms with Gasteiger partial charge in [0, 0.05) is 12.2 Å². The first kappa shape index (κ1) is 14.7. The van der Waals surface area contributed by atoms with Gasteiger partial charge in [-0.15, -0.1) is 0 Å². The zero-order valence-electron chi connectivity index (χ0n) is 11.2. The van der Waals surface area contributed by atoms with Gasteiger partial charge in [0.15, 0.2) is 5.11 Å². The average molecular weight is 342 g/mol. The van der Waals surface area contributed by atoms with Crippen molar-refractivity contribution in [3.63, 3.8) is 0 Å². The number of aryl methyl sites for hydroxylation is 1. The van der Waals surface area contributed by atoms with Crippen LogP contribution < -0.4 is 10.6 Å². The Balaban J connectivity index is 1.89. The summed E-state index contributed by atoms with van der Waals surface area (Å²) in [5, 5.41) is 7.25. The molecule has 1 aromatic rings. The molecule has 0 saturated heterocycles. The summed E-state index contributed by atoms with van der Waals surface area (Å²) in [6.45, 7) is 2.02. The number of thiocarbonyl (C=S) groups is 1. The molecule has 2 rings (SSSR count). The Kier molecular flexibility index (Phi) is 5.58. The minimum Gasteiger partial charge on any atom is -0.360 e. The van der Waals surface area contributed by atoms with Crippen molar-refractivity contribution in [1.29, 1.82) is 0 Å². The number of nitrogens with zero attached hydrogens (tertiary/aromatic N) is 1. The van der Waals surface area contributed by atoms with E-state index in [1.165, 1.54) is 38.5 Å². The maximum absolute atomic E-state index is 5.37. The van der Waals surface area contributed by atoms with E-state index in [2.05, 4.69) is 31.5 Å². The van der Waals surface area contributed by atoms with Crippen LogP contribution in [-0.2, 0) is 0 Å². The molecule has 0 atom stereocenters. The van der Waals surface area contributed by atoms with Crippen LogP contribution in [0.25, 0.3) is 0 Å². The largest absolute Gasteiger partial charge is 0.360 e. The second-order valence-corrected chi connectivity index (χ2v) is 6.39. The van der Waals surface area contributed by atoms with E-state index in [9.17, 15) is 0 Å². The topological polar surface area (TPSA) is 37.0 Å². The molecule has 5 heteroatoms. The van der Waals surface area contributed by atoms with Crippen LogP contribution in [0.15, 0.2) is 16.7 Å². The minimum absolute atomic E-state index is 0.506. The fourth-order valence-electron chi connectivity index (χ4n) is 2.38. The maximum atomic E-state index is 5.37. The molecule has 3 nitrogen and oxygen atoms in total. The number of rotatable bonds is 2. The number of nitrogens with one attached hydrogen (secondary N) is 2. The van der Waals surface area contributed by atoms with E-state index >= 15 is 0 Å². The fourth-order valence-corrected chi connectivity index (χ4v) is 3.20. The van der Waals surface area contributed by atoms with Crippen LogP contribution in [-0.4, -0.2) is 16.1 Å². The van der Waals surface area contributed by atoms with Crippen molar-refractivity contribution in [2.75, 3.05) is 5.32 Å². The van der Waals surface area contributed by atoms with E-state index in [0.29, 0.717) is 11.2 Å². The minimum atomic E-state index is 0.506. The van der Waals surface area contributed by atoms with Gasteiger partial charge < -0.3 is 10.6 Å². The molecular formula is C14H20BrN3S. The zero-order chi connectivity index (χ0) is 13.7. The Morgan fingerprint density at radius 3 is 2.63 bits per heavy atom. The van der Waals surface area contributed by atoms with Gasteiger partial charge in [0.2, 0.25) is 0 Å². The smallest absolute Gasteiger partial charge is 0.172 e. The number of halogens is 1. The van der Waals surface area contributed by atoms with Crippen LogP contribution in [0.4, 0.5) is 5.82 Å². The molecule has 104 valence electrons. The summed E-state index contributed by atoms with van der Waals surface area (Å²) >= 11 is 8.87. The Hall–Kier alpha value is -0.680. The highest BCUT2D eigenvalue weighted by molar-refractivity contribution is 9.10. The molecule has 0 radical (unpaired) electrons. The second-order valence-electron chi connectivity index (χ2n) is 5.13. The van der Waals surface area contributed by atoms with E-state index in [1.807, 2.05) is 19.2 Å². The second kappa shape index (κ2) is 7.20. The predicted octanol–water partition coefficient (Wildman–Crippen LogP) is 4.16. The predicted molar refractivity (Wildman–Crippen MR) is 87.5 cm³/mol. The lowest BCUT2D eigenvalue weighted by Gasteiger charge is -2.19. The average Bonchev–Trinajstić information content (AvgIpc) is 2.61. The summed E-state index contributed by atoms with van der Waals surface area (Å²) in [5.41, 5.74) is 1.13. The highest BCUT2D eigenvalue weighted by Crippen LogP contribution is 2.21. The molecule has 0 spiro atoms. The molecule has 19 heavy (non-hydrogen) atoms. The van der Waals surface area contributed by atoms with Crippen molar-refractivity contribution in [1.82, 2.24) is 10.3 Å². The third-order valence-electron chi connectivity index (χ3n) is 3.40. The highest BCUT2D eigenvalue weighted by atomic mass is 79.9. The van der Waals surface area contributed by atoms with Gasteiger partial charge in [-0.3, -0.25) is 0 Å². The van der Waals surface area contributed by atoms with E-state index in [0.717, 1.165) is 15.9 Å². The molecule has 1 aliphatic carbocycles. The first-order chi connectivity index (χ1) is 9.15. The standard InChI is InChI=1S/C14H20BrN3S/c1-10-8-12(15)13(16-9-10)18-14(19)17-11-6-4-2-3-5-7-11/h8-9,11H,2-7H2,1H3,(H2,16,17,18,19). The summed E-state index contributed by atoms with van der Waals surface area (Å²) in [7, 11) is 0. The van der Waals surface area contributed by atoms with E-state index in [-0.39, 0.29) is 0 Å². The normalized spacial score (nSPS) is 16.7. The number of hydrogen-bond acceptors (Lipinski definition) is 2. The molecule has 1 heterocycles. The van der Waals surface area contributed by atoms with Crippen molar-refractivity contribution in [3.8, 4) is 0 Å². The van der Waals surface area contributed by atoms with Crippen LogP contribution in [0, 0.1) is 6.92 Å². The molecular weight excluding hydrogens is 322 g/mol. The molecule has 1 aliphatic rings. The van der Waals surface area contributed by atoms with Gasteiger partial charge in [-0.2, -0.15) is 0 Å². The van der Waals surface area contributed by atoms with Gasteiger partial charge in [-0.1, -0.05) is 25.7 Å². The summed E-state index contributed by atoms with van der Waals surface area (Å²) in [4.78, 5) is 4.34. The Morgan fingerprint density at radius 1 is 1.32 bits per heavy atom. The molecule has 0 aliphatic heterocycles. The zero-order valence-corrected chi connectivity index (χ0v) is 13.6. The van der Waals surface area contributed by atoms with Crippen LogP contribution in [0.1, 0.15) is 44.1 Å². The summed E-state index contributed by atoms with van der Waals surface area (Å²) in [6.07, 6.45) is 9.56. The SMILES string of the molecule is Cc1cnc(NC(=S)NC2CCCCCC2)c(Br)c1. The van der Waals surface area contributed by atoms with Crippen molar-refractivity contribution >= 4 is 39.1 Å². The van der Waals surface area contributed by atoms with E-state index < -0.39 is 0 Å². The lowest BCUT2D eigenvalue weighted by atomic mass is 10.1. The Labute approximate surface area is 128 Å². The summed E-state index contributed by atoms with van der Waals surface area (Å²) in [5.74, 6) is 0.775. The van der Waals surface area contributed by atoms with Crippen molar-refractivity contribution in [2.24, 2.45) is 0 Å². The number of pyridine rings is 1. The lowest BCUT2D eigenvalue weighted by molar-refractivity contribution is 0.535. The first-order valence-corrected chi connectivity index (χ1v) is 8.05. The summed E-state index contributed by atoms with van der Waals surface area (Å²) in [6, 6.07) is 2.54. The van der Waals surface area contributed by atoms with Crippen LogP contribution in [0.3, 0.4) is 0 Å². The quantitative estimate of drug-likeness (QED) is 0.625. The maximum Gasteiger partial charge on any atom is 0.172 e. The summed E-state index contributed by atoms with van der Waals surface area (Å²) < 4.78 is 0.942. The van der Waals surface area contributed by atoms with Crippen molar-refractivity contribution in [3.05, 3.63) is 22.3 Å². The Bertz CT molecular complexity index is 442. The lowest BCUT2D eigenvalue weighted by Crippen LogP contribution is -2.37. The number of aromatic nitrogens is 1.